The first-order chi connectivity index (χ1) is 20.1. The number of piperidine rings is 1. The molecule has 3 aromatic rings. The van der Waals surface area contributed by atoms with Crippen LogP contribution in [-0.2, 0) is 6.18 Å². The Bertz CT molecular complexity index is 1470. The van der Waals surface area contributed by atoms with E-state index in [2.05, 4.69) is 14.9 Å². The zero-order chi connectivity index (χ0) is 29.6. The SMILES string of the molecule is O=C(O)c1cnn(C2CCCN(c3cc(Cl)ccc3-c3ccc(N4CCN(CC5CC5)CC4)c(F)c3)C2)c1C(F)(F)F. The number of rotatable bonds is 7. The van der Waals surface area contributed by atoms with Crippen molar-refractivity contribution >= 4 is 28.9 Å². The van der Waals surface area contributed by atoms with E-state index in [0.29, 0.717) is 46.9 Å². The van der Waals surface area contributed by atoms with E-state index in [1.165, 1.54) is 18.9 Å². The van der Waals surface area contributed by atoms with Crippen LogP contribution in [0.2, 0.25) is 5.02 Å². The summed E-state index contributed by atoms with van der Waals surface area (Å²) in [6.07, 6.45) is -0.554. The number of carboxylic acid groups (broad SMARTS) is 1. The molecule has 2 aliphatic heterocycles. The first-order valence-electron chi connectivity index (χ1n) is 14.3. The normalized spacial score (nSPS) is 20.3. The molecule has 1 unspecified atom stereocenters. The second-order valence-corrected chi connectivity index (χ2v) is 11.9. The quantitative estimate of drug-likeness (QED) is 0.313. The van der Waals surface area contributed by atoms with Crippen molar-refractivity contribution in [2.75, 3.05) is 55.6 Å². The molecule has 3 fully saturated rings. The van der Waals surface area contributed by atoms with Gasteiger partial charge in [0.05, 0.1) is 17.9 Å². The Morgan fingerprint density at radius 2 is 1.74 bits per heavy atom. The molecule has 1 atom stereocenters. The summed E-state index contributed by atoms with van der Waals surface area (Å²) in [5.41, 5.74) is 0.448. The van der Waals surface area contributed by atoms with Crippen molar-refractivity contribution in [1.82, 2.24) is 14.7 Å². The monoisotopic (exact) mass is 605 g/mol. The lowest BCUT2D eigenvalue weighted by Gasteiger charge is -2.37. The van der Waals surface area contributed by atoms with E-state index in [0.717, 1.165) is 49.5 Å². The number of carboxylic acids is 1. The van der Waals surface area contributed by atoms with Gasteiger partial charge in [-0.15, -0.1) is 0 Å². The molecule has 12 heteroatoms. The molecule has 7 nitrogen and oxygen atoms in total. The van der Waals surface area contributed by atoms with E-state index < -0.39 is 29.4 Å². The van der Waals surface area contributed by atoms with Gasteiger partial charge in [0.15, 0.2) is 5.69 Å². The zero-order valence-corrected chi connectivity index (χ0v) is 23.7. The molecule has 224 valence electrons. The van der Waals surface area contributed by atoms with Crippen molar-refractivity contribution in [3.05, 3.63) is 64.7 Å². The third kappa shape index (κ3) is 5.94. The Balaban J connectivity index is 1.24. The number of nitrogens with zero attached hydrogens (tertiary/aromatic N) is 5. The maximum atomic E-state index is 15.5. The summed E-state index contributed by atoms with van der Waals surface area (Å²) in [5, 5.41) is 13.6. The first kappa shape index (κ1) is 28.8. The number of carbonyl (C=O) groups is 1. The molecule has 3 heterocycles. The number of aromatic carboxylic acids is 1. The van der Waals surface area contributed by atoms with Crippen LogP contribution >= 0.6 is 11.6 Å². The lowest BCUT2D eigenvalue weighted by molar-refractivity contribution is -0.145. The van der Waals surface area contributed by atoms with Crippen LogP contribution in [-0.4, -0.2) is 71.6 Å². The number of hydrogen-bond acceptors (Lipinski definition) is 5. The molecule has 0 radical (unpaired) electrons. The molecule has 1 saturated carbocycles. The van der Waals surface area contributed by atoms with Gasteiger partial charge in [0.2, 0.25) is 0 Å². The molecule has 1 N–H and O–H groups in total. The summed E-state index contributed by atoms with van der Waals surface area (Å²) in [5.74, 6) is -1.18. The molecule has 2 saturated heterocycles. The van der Waals surface area contributed by atoms with Gasteiger partial charge in [0.1, 0.15) is 11.4 Å². The van der Waals surface area contributed by atoms with E-state index in [9.17, 15) is 23.1 Å². The Morgan fingerprint density at radius 1 is 0.976 bits per heavy atom. The lowest BCUT2D eigenvalue weighted by atomic mass is 9.98. The molecular formula is C30H32ClF4N5O2. The van der Waals surface area contributed by atoms with Gasteiger partial charge in [-0.2, -0.15) is 18.3 Å². The number of benzene rings is 2. The predicted molar refractivity (Wildman–Crippen MR) is 153 cm³/mol. The van der Waals surface area contributed by atoms with Crippen molar-refractivity contribution < 1.29 is 27.5 Å². The van der Waals surface area contributed by atoms with E-state index >= 15 is 4.39 Å². The van der Waals surface area contributed by atoms with Crippen LogP contribution in [0, 0.1) is 11.7 Å². The number of piperazine rings is 1. The van der Waals surface area contributed by atoms with Crippen LogP contribution in [0.15, 0.2) is 42.6 Å². The lowest BCUT2D eigenvalue weighted by Crippen LogP contribution is -2.47. The average Bonchev–Trinajstić information content (AvgIpc) is 3.65. The third-order valence-corrected chi connectivity index (χ3v) is 8.76. The van der Waals surface area contributed by atoms with E-state index in [1.54, 1.807) is 24.3 Å². The van der Waals surface area contributed by atoms with Gasteiger partial charge in [-0.3, -0.25) is 9.58 Å². The highest BCUT2D eigenvalue weighted by Crippen LogP contribution is 2.40. The van der Waals surface area contributed by atoms with Crippen LogP contribution < -0.4 is 9.80 Å². The van der Waals surface area contributed by atoms with Crippen LogP contribution in [0.3, 0.4) is 0 Å². The largest absolute Gasteiger partial charge is 0.478 e. The second kappa shape index (κ2) is 11.4. The number of alkyl halides is 3. The minimum atomic E-state index is -4.88. The molecule has 6 rings (SSSR count). The summed E-state index contributed by atoms with van der Waals surface area (Å²) < 4.78 is 58.0. The fourth-order valence-corrected chi connectivity index (χ4v) is 6.40. The van der Waals surface area contributed by atoms with Crippen LogP contribution in [0.4, 0.5) is 28.9 Å². The van der Waals surface area contributed by atoms with Gasteiger partial charge >= 0.3 is 12.1 Å². The maximum absolute atomic E-state index is 15.5. The molecule has 0 spiro atoms. The fourth-order valence-electron chi connectivity index (χ4n) is 6.23. The number of anilines is 2. The summed E-state index contributed by atoms with van der Waals surface area (Å²) in [7, 11) is 0. The van der Waals surface area contributed by atoms with Crippen LogP contribution in [0.25, 0.3) is 11.1 Å². The molecule has 1 aromatic heterocycles. The highest BCUT2D eigenvalue weighted by atomic mass is 35.5. The Morgan fingerprint density at radius 3 is 2.40 bits per heavy atom. The number of aromatic nitrogens is 2. The van der Waals surface area contributed by atoms with Crippen molar-refractivity contribution in [2.24, 2.45) is 5.92 Å². The zero-order valence-electron chi connectivity index (χ0n) is 23.0. The summed E-state index contributed by atoms with van der Waals surface area (Å²) in [4.78, 5) is 17.9. The smallest absolute Gasteiger partial charge is 0.433 e. The molecule has 3 aliphatic rings. The number of halogens is 5. The second-order valence-electron chi connectivity index (χ2n) is 11.5. The van der Waals surface area contributed by atoms with Crippen LogP contribution in [0.5, 0.6) is 0 Å². The molecule has 2 aromatic carbocycles. The van der Waals surface area contributed by atoms with Gasteiger partial charge in [-0.25, -0.2) is 9.18 Å². The maximum Gasteiger partial charge on any atom is 0.433 e. The highest BCUT2D eigenvalue weighted by Gasteiger charge is 2.42. The van der Waals surface area contributed by atoms with Gasteiger partial charge in [-0.1, -0.05) is 23.7 Å². The number of hydrogen-bond donors (Lipinski definition) is 1. The predicted octanol–water partition coefficient (Wildman–Crippen LogP) is 6.43. The van der Waals surface area contributed by atoms with Crippen LogP contribution in [0.1, 0.15) is 47.8 Å². The Hall–Kier alpha value is -3.31. The fraction of sp³-hybridized carbons (Fsp3) is 0.467. The van der Waals surface area contributed by atoms with Crippen molar-refractivity contribution in [1.29, 1.82) is 0 Å². The summed E-state index contributed by atoms with van der Waals surface area (Å²) in [6.45, 7) is 5.19. The minimum Gasteiger partial charge on any atom is -0.478 e. The summed E-state index contributed by atoms with van der Waals surface area (Å²) >= 11 is 6.36. The molecular weight excluding hydrogens is 574 g/mol. The highest BCUT2D eigenvalue weighted by molar-refractivity contribution is 6.31. The summed E-state index contributed by atoms with van der Waals surface area (Å²) in [6, 6.07) is 9.70. The van der Waals surface area contributed by atoms with Crippen molar-refractivity contribution in [3.63, 3.8) is 0 Å². The van der Waals surface area contributed by atoms with Crippen molar-refractivity contribution in [3.8, 4) is 11.1 Å². The molecule has 0 bridgehead atoms. The molecule has 42 heavy (non-hydrogen) atoms. The van der Waals surface area contributed by atoms with Gasteiger partial charge in [0.25, 0.3) is 0 Å². The first-order valence-corrected chi connectivity index (χ1v) is 14.7. The standard InChI is InChI=1S/C30H32ClF4N5O2/c31-21-6-7-23(20-5-8-26(25(32)14-20)38-12-10-37(11-13-38)17-19-3-4-19)27(15-21)39-9-1-2-22(18-39)40-28(30(33,34)35)24(16-36-40)29(41)42/h5-8,14-16,19,22H,1-4,9-13,17-18H2,(H,41,42). The Labute approximate surface area is 246 Å². The molecule has 1 aliphatic carbocycles. The van der Waals surface area contributed by atoms with Crippen molar-refractivity contribution in [2.45, 2.75) is 37.9 Å². The van der Waals surface area contributed by atoms with Gasteiger partial charge in [-0.05, 0) is 61.4 Å². The minimum absolute atomic E-state index is 0.156. The molecule has 0 amide bonds. The van der Waals surface area contributed by atoms with Gasteiger partial charge in [0, 0.05) is 62.1 Å². The van der Waals surface area contributed by atoms with E-state index in [1.807, 2.05) is 11.0 Å². The topological polar surface area (TPSA) is 64.8 Å². The Kier molecular flexibility index (Phi) is 7.82. The average molecular weight is 606 g/mol. The van der Waals surface area contributed by atoms with E-state index in [-0.39, 0.29) is 12.4 Å². The van der Waals surface area contributed by atoms with Gasteiger partial charge < -0.3 is 14.9 Å². The van der Waals surface area contributed by atoms with E-state index in [4.69, 9.17) is 11.6 Å². The third-order valence-electron chi connectivity index (χ3n) is 8.52.